The Kier molecular flexibility index (Phi) is 2.28. The Hall–Kier alpha value is -1.68. The molecule has 5 heteroatoms. The predicted molar refractivity (Wildman–Crippen MR) is 54.7 cm³/mol. The van der Waals surface area contributed by atoms with Crippen molar-refractivity contribution in [2.24, 2.45) is 0 Å². The van der Waals surface area contributed by atoms with Crippen LogP contribution in [0.15, 0.2) is 30.6 Å². The molecule has 0 bridgehead atoms. The standard InChI is InChI=1S/C9H7ClN4/c10-9-7(5-8(11)13-14-9)6-1-3-12-4-2-6/h1-5H,(H2,11,13). The zero-order valence-corrected chi connectivity index (χ0v) is 7.94. The smallest absolute Gasteiger partial charge is 0.159 e. The quantitative estimate of drug-likeness (QED) is 0.773. The molecule has 0 spiro atoms. The topological polar surface area (TPSA) is 64.7 Å². The Morgan fingerprint density at radius 1 is 1.14 bits per heavy atom. The van der Waals surface area contributed by atoms with Crippen molar-refractivity contribution in [3.05, 3.63) is 35.7 Å². The molecule has 2 aromatic heterocycles. The second-order valence-corrected chi connectivity index (χ2v) is 3.07. The average Bonchev–Trinajstić information content (AvgIpc) is 2.23. The number of nitrogens with zero attached hydrogens (tertiary/aromatic N) is 3. The van der Waals surface area contributed by atoms with Gasteiger partial charge in [0, 0.05) is 18.0 Å². The maximum atomic E-state index is 5.88. The summed E-state index contributed by atoms with van der Waals surface area (Å²) in [4.78, 5) is 3.91. The van der Waals surface area contributed by atoms with Crippen LogP contribution in [0.2, 0.25) is 5.15 Å². The molecule has 0 aliphatic rings. The third-order valence-electron chi connectivity index (χ3n) is 1.76. The van der Waals surface area contributed by atoms with Crippen LogP contribution in [-0.4, -0.2) is 15.2 Å². The van der Waals surface area contributed by atoms with E-state index in [2.05, 4.69) is 15.2 Å². The Morgan fingerprint density at radius 3 is 2.57 bits per heavy atom. The van der Waals surface area contributed by atoms with Gasteiger partial charge in [0.05, 0.1) is 0 Å². The molecule has 4 nitrogen and oxygen atoms in total. The molecule has 0 atom stereocenters. The van der Waals surface area contributed by atoms with Gasteiger partial charge >= 0.3 is 0 Å². The molecular weight excluding hydrogens is 200 g/mol. The van der Waals surface area contributed by atoms with E-state index >= 15 is 0 Å². The first kappa shape index (κ1) is 8.90. The van der Waals surface area contributed by atoms with Crippen LogP contribution in [-0.2, 0) is 0 Å². The molecular formula is C9H7ClN4. The van der Waals surface area contributed by atoms with Crippen LogP contribution in [0, 0.1) is 0 Å². The first-order valence-electron chi connectivity index (χ1n) is 3.96. The van der Waals surface area contributed by atoms with Gasteiger partial charge in [-0.05, 0) is 23.8 Å². The number of anilines is 1. The Labute approximate surface area is 85.8 Å². The molecule has 2 heterocycles. The van der Waals surface area contributed by atoms with E-state index in [4.69, 9.17) is 17.3 Å². The molecule has 2 N–H and O–H groups in total. The van der Waals surface area contributed by atoms with Crippen molar-refractivity contribution in [2.45, 2.75) is 0 Å². The molecule has 14 heavy (non-hydrogen) atoms. The highest BCUT2D eigenvalue weighted by atomic mass is 35.5. The van der Waals surface area contributed by atoms with E-state index in [-0.39, 0.29) is 0 Å². The lowest BCUT2D eigenvalue weighted by molar-refractivity contribution is 1.04. The molecule has 2 aromatic rings. The van der Waals surface area contributed by atoms with E-state index < -0.39 is 0 Å². The average molecular weight is 207 g/mol. The summed E-state index contributed by atoms with van der Waals surface area (Å²) >= 11 is 5.88. The lowest BCUT2D eigenvalue weighted by Crippen LogP contribution is -1.94. The fourth-order valence-electron chi connectivity index (χ4n) is 1.13. The van der Waals surface area contributed by atoms with Gasteiger partial charge in [-0.25, -0.2) is 0 Å². The first-order chi connectivity index (χ1) is 6.77. The highest BCUT2D eigenvalue weighted by Crippen LogP contribution is 2.25. The minimum atomic E-state index is 0.338. The molecule has 0 aliphatic heterocycles. The Bertz CT molecular complexity index is 444. The zero-order chi connectivity index (χ0) is 9.97. The maximum Gasteiger partial charge on any atom is 0.159 e. The lowest BCUT2D eigenvalue weighted by atomic mass is 10.1. The highest BCUT2D eigenvalue weighted by Gasteiger charge is 2.05. The minimum absolute atomic E-state index is 0.338. The molecule has 0 fully saturated rings. The van der Waals surface area contributed by atoms with Gasteiger partial charge in [0.1, 0.15) is 5.82 Å². The number of nitrogen functional groups attached to an aromatic ring is 1. The number of pyridine rings is 1. The minimum Gasteiger partial charge on any atom is -0.382 e. The number of hydrogen-bond acceptors (Lipinski definition) is 4. The number of halogens is 1. The van der Waals surface area contributed by atoms with Crippen LogP contribution in [0.3, 0.4) is 0 Å². The van der Waals surface area contributed by atoms with E-state index in [9.17, 15) is 0 Å². The molecule has 0 amide bonds. The summed E-state index contributed by atoms with van der Waals surface area (Å²) in [6.07, 6.45) is 3.37. The molecule has 2 rings (SSSR count). The molecule has 70 valence electrons. The van der Waals surface area contributed by atoms with Crippen molar-refractivity contribution in [3.8, 4) is 11.1 Å². The lowest BCUT2D eigenvalue weighted by Gasteiger charge is -2.02. The molecule has 0 aliphatic carbocycles. The van der Waals surface area contributed by atoms with E-state index in [1.807, 2.05) is 12.1 Å². The van der Waals surface area contributed by atoms with Crippen LogP contribution in [0.1, 0.15) is 0 Å². The SMILES string of the molecule is Nc1cc(-c2ccncc2)c(Cl)nn1. The predicted octanol–water partition coefficient (Wildman–Crippen LogP) is 1.77. The number of hydrogen-bond donors (Lipinski definition) is 1. The monoisotopic (exact) mass is 206 g/mol. The summed E-state index contributed by atoms with van der Waals surface area (Å²) in [5.74, 6) is 0.348. The summed E-state index contributed by atoms with van der Waals surface area (Å²) in [7, 11) is 0. The first-order valence-corrected chi connectivity index (χ1v) is 4.34. The van der Waals surface area contributed by atoms with Crippen LogP contribution >= 0.6 is 11.6 Å². The van der Waals surface area contributed by atoms with E-state index in [1.165, 1.54) is 0 Å². The summed E-state index contributed by atoms with van der Waals surface area (Å²) in [5, 5.41) is 7.71. The van der Waals surface area contributed by atoms with Gasteiger partial charge in [-0.1, -0.05) is 11.6 Å². The van der Waals surface area contributed by atoms with E-state index in [0.29, 0.717) is 11.0 Å². The van der Waals surface area contributed by atoms with E-state index in [1.54, 1.807) is 18.5 Å². The van der Waals surface area contributed by atoms with Crippen molar-refractivity contribution in [1.82, 2.24) is 15.2 Å². The van der Waals surface area contributed by atoms with Gasteiger partial charge in [0.25, 0.3) is 0 Å². The fraction of sp³-hybridized carbons (Fsp3) is 0. The van der Waals surface area contributed by atoms with Crippen molar-refractivity contribution >= 4 is 17.4 Å². The fourth-order valence-corrected chi connectivity index (χ4v) is 1.33. The van der Waals surface area contributed by atoms with Crippen LogP contribution in [0.25, 0.3) is 11.1 Å². The third kappa shape index (κ3) is 1.65. The number of nitrogens with two attached hydrogens (primary N) is 1. The van der Waals surface area contributed by atoms with Crippen molar-refractivity contribution < 1.29 is 0 Å². The summed E-state index contributed by atoms with van der Waals surface area (Å²) in [6.45, 7) is 0. The Balaban J connectivity index is 2.57. The summed E-state index contributed by atoms with van der Waals surface area (Å²) in [6, 6.07) is 5.36. The second kappa shape index (κ2) is 3.59. The normalized spacial score (nSPS) is 10.1. The third-order valence-corrected chi connectivity index (χ3v) is 2.04. The highest BCUT2D eigenvalue weighted by molar-refractivity contribution is 6.32. The molecule has 0 aromatic carbocycles. The molecule has 0 saturated heterocycles. The Morgan fingerprint density at radius 2 is 1.86 bits per heavy atom. The van der Waals surface area contributed by atoms with Gasteiger partial charge in [-0.3, -0.25) is 4.98 Å². The van der Waals surface area contributed by atoms with Gasteiger partial charge in [-0.15, -0.1) is 10.2 Å². The zero-order valence-electron chi connectivity index (χ0n) is 7.18. The van der Waals surface area contributed by atoms with Crippen molar-refractivity contribution in [1.29, 1.82) is 0 Å². The largest absolute Gasteiger partial charge is 0.382 e. The maximum absolute atomic E-state index is 5.88. The van der Waals surface area contributed by atoms with Crippen molar-refractivity contribution in [3.63, 3.8) is 0 Å². The van der Waals surface area contributed by atoms with Gasteiger partial charge < -0.3 is 5.73 Å². The van der Waals surface area contributed by atoms with Gasteiger partial charge in [0.2, 0.25) is 0 Å². The summed E-state index contributed by atoms with van der Waals surface area (Å²) in [5.41, 5.74) is 7.21. The number of rotatable bonds is 1. The van der Waals surface area contributed by atoms with Gasteiger partial charge in [-0.2, -0.15) is 0 Å². The number of aromatic nitrogens is 3. The summed E-state index contributed by atoms with van der Waals surface area (Å²) < 4.78 is 0. The van der Waals surface area contributed by atoms with E-state index in [0.717, 1.165) is 11.1 Å². The van der Waals surface area contributed by atoms with Crippen LogP contribution < -0.4 is 5.73 Å². The van der Waals surface area contributed by atoms with Crippen molar-refractivity contribution in [2.75, 3.05) is 5.73 Å². The molecule has 0 radical (unpaired) electrons. The van der Waals surface area contributed by atoms with Gasteiger partial charge in [0.15, 0.2) is 5.15 Å². The van der Waals surface area contributed by atoms with Crippen LogP contribution in [0.4, 0.5) is 5.82 Å². The molecule has 0 unspecified atom stereocenters. The molecule has 0 saturated carbocycles. The van der Waals surface area contributed by atoms with Crippen LogP contribution in [0.5, 0.6) is 0 Å². The second-order valence-electron chi connectivity index (χ2n) is 2.71.